The van der Waals surface area contributed by atoms with Gasteiger partial charge in [-0.2, -0.15) is 5.10 Å². The zero-order chi connectivity index (χ0) is 29.0. The van der Waals surface area contributed by atoms with E-state index >= 15 is 4.39 Å². The molecule has 10 heteroatoms. The molecule has 1 atom stereocenters. The average Bonchev–Trinajstić information content (AvgIpc) is 3.42. The smallest absolute Gasteiger partial charge is 0.333 e. The molecule has 0 aliphatic carbocycles. The van der Waals surface area contributed by atoms with Crippen LogP contribution in [0.3, 0.4) is 0 Å². The van der Waals surface area contributed by atoms with Crippen LogP contribution in [0.4, 0.5) is 4.39 Å². The predicted octanol–water partition coefficient (Wildman–Crippen LogP) is 8.18. The van der Waals surface area contributed by atoms with Crippen LogP contribution >= 0.6 is 19.2 Å². The van der Waals surface area contributed by atoms with Gasteiger partial charge in [0.25, 0.3) is 5.91 Å². The summed E-state index contributed by atoms with van der Waals surface area (Å²) in [6.07, 6.45) is 0. The highest BCUT2D eigenvalue weighted by molar-refractivity contribution is 7.54. The molecule has 0 aliphatic heterocycles. The van der Waals surface area contributed by atoms with Gasteiger partial charge in [0.1, 0.15) is 11.5 Å². The Morgan fingerprint density at radius 1 is 0.951 bits per heavy atom. The van der Waals surface area contributed by atoms with E-state index < -0.39 is 25.1 Å². The van der Waals surface area contributed by atoms with Gasteiger partial charge >= 0.3 is 7.60 Å². The predicted molar refractivity (Wildman–Crippen MR) is 159 cm³/mol. The standard InChI is InChI=1S/C31H28ClFN3O4P/c1-3-39-41(38,40-4-2)31(22-16-18-23(32)19-17-22)34-30(37)27-20-29(36(35-27)28-15-8-7-14-26(28)33)25-13-9-11-21-10-5-6-12-24(21)25/h5-20,31H,3-4H2,1-2H3,(H,34,37). The van der Waals surface area contributed by atoms with Gasteiger partial charge in [-0.05, 0) is 60.5 Å². The third-order valence-corrected chi connectivity index (χ3v) is 9.02. The van der Waals surface area contributed by atoms with E-state index in [4.69, 9.17) is 20.6 Å². The molecule has 4 aromatic carbocycles. The third-order valence-electron chi connectivity index (χ3n) is 6.48. The molecule has 0 bridgehead atoms. The van der Waals surface area contributed by atoms with Crippen molar-refractivity contribution in [2.24, 2.45) is 0 Å². The number of aromatic nitrogens is 2. The first-order valence-electron chi connectivity index (χ1n) is 13.1. The molecular formula is C31H28ClFN3O4P. The van der Waals surface area contributed by atoms with Crippen molar-refractivity contribution in [3.8, 4) is 16.9 Å². The van der Waals surface area contributed by atoms with Gasteiger partial charge in [0, 0.05) is 10.6 Å². The van der Waals surface area contributed by atoms with Crippen LogP contribution in [0.25, 0.3) is 27.7 Å². The van der Waals surface area contributed by atoms with Crippen LogP contribution in [-0.2, 0) is 13.6 Å². The van der Waals surface area contributed by atoms with Gasteiger partial charge in [-0.1, -0.05) is 78.3 Å². The number of benzene rings is 4. The third kappa shape index (κ3) is 5.97. The van der Waals surface area contributed by atoms with E-state index in [1.54, 1.807) is 62.4 Å². The number of amides is 1. The Kier molecular flexibility index (Phi) is 8.66. The highest BCUT2D eigenvalue weighted by Gasteiger charge is 2.39. The molecule has 0 spiro atoms. The Balaban J connectivity index is 1.63. The van der Waals surface area contributed by atoms with Gasteiger partial charge in [0.15, 0.2) is 11.5 Å². The Labute approximate surface area is 242 Å². The lowest BCUT2D eigenvalue weighted by Crippen LogP contribution is -2.30. The SMILES string of the molecule is CCOP(=O)(OCC)C(NC(=O)c1cc(-c2cccc3ccccc23)n(-c2ccccc2F)n1)c1ccc(Cl)cc1. The number of hydrogen-bond donors (Lipinski definition) is 1. The first-order chi connectivity index (χ1) is 19.8. The van der Waals surface area contributed by atoms with Crippen molar-refractivity contribution in [2.45, 2.75) is 19.6 Å². The van der Waals surface area contributed by atoms with Gasteiger partial charge in [-0.25, -0.2) is 9.07 Å². The van der Waals surface area contributed by atoms with E-state index in [1.165, 1.54) is 10.7 Å². The molecule has 1 heterocycles. The fraction of sp³-hybridized carbons (Fsp3) is 0.161. The lowest BCUT2D eigenvalue weighted by atomic mass is 10.0. The summed E-state index contributed by atoms with van der Waals surface area (Å²) in [6.45, 7) is 3.59. The zero-order valence-corrected chi connectivity index (χ0v) is 24.1. The summed E-state index contributed by atoms with van der Waals surface area (Å²) < 4.78 is 41.5. The van der Waals surface area contributed by atoms with Crippen molar-refractivity contribution in [3.63, 3.8) is 0 Å². The average molecular weight is 592 g/mol. The maximum absolute atomic E-state index is 15.0. The molecule has 0 saturated carbocycles. The summed E-state index contributed by atoms with van der Waals surface area (Å²) >= 11 is 6.08. The fourth-order valence-corrected chi connectivity index (χ4v) is 6.71. The number of hydrogen-bond acceptors (Lipinski definition) is 5. The zero-order valence-electron chi connectivity index (χ0n) is 22.5. The van der Waals surface area contributed by atoms with E-state index in [9.17, 15) is 9.36 Å². The van der Waals surface area contributed by atoms with Crippen LogP contribution in [0.5, 0.6) is 0 Å². The number of para-hydroxylation sites is 1. The van der Waals surface area contributed by atoms with Crippen LogP contribution < -0.4 is 5.32 Å². The molecule has 1 N–H and O–H groups in total. The van der Waals surface area contributed by atoms with Crippen LogP contribution in [0.2, 0.25) is 5.02 Å². The lowest BCUT2D eigenvalue weighted by molar-refractivity contribution is 0.0931. The number of carbonyl (C=O) groups excluding carboxylic acids is 1. The van der Waals surface area contributed by atoms with Crippen molar-refractivity contribution in [2.75, 3.05) is 13.2 Å². The quantitative estimate of drug-likeness (QED) is 0.166. The molecule has 1 amide bonds. The topological polar surface area (TPSA) is 82.5 Å². The van der Waals surface area contributed by atoms with Crippen LogP contribution in [0.15, 0.2) is 97.1 Å². The second-order valence-corrected chi connectivity index (χ2v) is 11.7. The van der Waals surface area contributed by atoms with Gasteiger partial charge in [-0.3, -0.25) is 9.36 Å². The molecular weight excluding hydrogens is 564 g/mol. The summed E-state index contributed by atoms with van der Waals surface area (Å²) in [6, 6.07) is 27.9. The van der Waals surface area contributed by atoms with Crippen LogP contribution in [-0.4, -0.2) is 28.9 Å². The number of carbonyl (C=O) groups is 1. The van der Waals surface area contributed by atoms with E-state index in [1.807, 2.05) is 42.5 Å². The number of nitrogens with zero attached hydrogens (tertiary/aromatic N) is 2. The largest absolute Gasteiger partial charge is 0.357 e. The van der Waals surface area contributed by atoms with Gasteiger partial charge in [-0.15, -0.1) is 0 Å². The molecule has 41 heavy (non-hydrogen) atoms. The lowest BCUT2D eigenvalue weighted by Gasteiger charge is -2.27. The Morgan fingerprint density at radius 2 is 1.61 bits per heavy atom. The second kappa shape index (κ2) is 12.4. The summed E-state index contributed by atoms with van der Waals surface area (Å²) in [4.78, 5) is 13.8. The van der Waals surface area contributed by atoms with Crippen molar-refractivity contribution >= 4 is 35.9 Å². The maximum Gasteiger partial charge on any atom is 0.357 e. The summed E-state index contributed by atoms with van der Waals surface area (Å²) in [5, 5.41) is 9.71. The molecule has 0 saturated heterocycles. The highest BCUT2D eigenvalue weighted by Crippen LogP contribution is 2.59. The Hall–Kier alpha value is -3.81. The van der Waals surface area contributed by atoms with E-state index in [2.05, 4.69) is 10.4 Å². The van der Waals surface area contributed by atoms with Crippen molar-refractivity contribution < 1.29 is 22.8 Å². The molecule has 1 unspecified atom stereocenters. The van der Waals surface area contributed by atoms with Crippen molar-refractivity contribution in [1.82, 2.24) is 15.1 Å². The minimum absolute atomic E-state index is 0.00491. The first kappa shape index (κ1) is 28.7. The Morgan fingerprint density at radius 3 is 2.32 bits per heavy atom. The monoisotopic (exact) mass is 591 g/mol. The van der Waals surface area contributed by atoms with Gasteiger partial charge < -0.3 is 14.4 Å². The molecule has 5 rings (SSSR count). The number of halogens is 2. The molecule has 210 valence electrons. The number of fused-ring (bicyclic) bond motifs is 1. The van der Waals surface area contributed by atoms with Crippen LogP contribution in [0.1, 0.15) is 35.7 Å². The molecule has 0 radical (unpaired) electrons. The van der Waals surface area contributed by atoms with E-state index in [-0.39, 0.29) is 24.6 Å². The van der Waals surface area contributed by atoms with Crippen LogP contribution in [0, 0.1) is 5.82 Å². The maximum atomic E-state index is 15.0. The van der Waals surface area contributed by atoms with Crippen molar-refractivity contribution in [1.29, 1.82) is 0 Å². The first-order valence-corrected chi connectivity index (χ1v) is 15.1. The number of nitrogens with one attached hydrogen (secondary N) is 1. The van der Waals surface area contributed by atoms with Crippen molar-refractivity contribution in [3.05, 3.63) is 119 Å². The minimum atomic E-state index is -3.87. The van der Waals surface area contributed by atoms with Gasteiger partial charge in [0.2, 0.25) is 0 Å². The molecule has 5 aromatic rings. The fourth-order valence-electron chi connectivity index (χ4n) is 4.67. The Bertz CT molecular complexity index is 1730. The molecule has 0 fully saturated rings. The molecule has 0 aliphatic rings. The highest BCUT2D eigenvalue weighted by atomic mass is 35.5. The molecule has 1 aromatic heterocycles. The van der Waals surface area contributed by atoms with E-state index in [0.29, 0.717) is 16.3 Å². The second-order valence-electron chi connectivity index (χ2n) is 9.11. The molecule has 7 nitrogen and oxygen atoms in total. The summed E-state index contributed by atoms with van der Waals surface area (Å²) in [7, 11) is -3.87. The van der Waals surface area contributed by atoms with Gasteiger partial charge in [0.05, 0.1) is 18.9 Å². The minimum Gasteiger partial charge on any atom is -0.333 e. The number of rotatable bonds is 10. The summed E-state index contributed by atoms with van der Waals surface area (Å²) in [5.41, 5.74) is 1.93. The van der Waals surface area contributed by atoms with E-state index in [0.717, 1.165) is 16.3 Å². The normalized spacial score (nSPS) is 12.4. The summed E-state index contributed by atoms with van der Waals surface area (Å²) in [5.74, 6) is -2.28.